The summed E-state index contributed by atoms with van der Waals surface area (Å²) in [5.41, 5.74) is 0. The third-order valence-corrected chi connectivity index (χ3v) is 4.37. The van der Waals surface area contributed by atoms with Crippen molar-refractivity contribution in [3.63, 3.8) is 0 Å². The normalized spacial score (nSPS) is 27.0. The first-order valence-electron chi connectivity index (χ1n) is 7.38. The average molecular weight is 268 g/mol. The molecule has 2 aliphatic heterocycles. The molecule has 2 heterocycles. The smallest absolute Gasteiger partial charge is 0.326 e. The molecule has 1 amide bonds. The van der Waals surface area contributed by atoms with E-state index in [0.29, 0.717) is 13.0 Å². The number of carbonyl (C=O) groups is 2. The molecule has 1 N–H and O–H groups in total. The van der Waals surface area contributed by atoms with Crippen LogP contribution in [0.5, 0.6) is 0 Å². The largest absolute Gasteiger partial charge is 0.480 e. The number of aliphatic carboxylic acids is 1. The van der Waals surface area contributed by atoms with Crippen LogP contribution in [0.15, 0.2) is 0 Å². The van der Waals surface area contributed by atoms with Crippen LogP contribution in [-0.4, -0.2) is 58.5 Å². The highest BCUT2D eigenvalue weighted by Crippen LogP contribution is 2.21. The minimum atomic E-state index is -0.867. The molecule has 5 heteroatoms. The highest BCUT2D eigenvalue weighted by molar-refractivity contribution is 5.87. The van der Waals surface area contributed by atoms with Crippen LogP contribution in [0.3, 0.4) is 0 Å². The number of likely N-dealkylation sites (tertiary alicyclic amines) is 2. The van der Waals surface area contributed by atoms with Gasteiger partial charge in [0.25, 0.3) is 0 Å². The molecule has 19 heavy (non-hydrogen) atoms. The summed E-state index contributed by atoms with van der Waals surface area (Å²) in [4.78, 5) is 27.4. The molecule has 0 aromatic carbocycles. The molecule has 108 valence electrons. The van der Waals surface area contributed by atoms with Crippen molar-refractivity contribution in [2.24, 2.45) is 0 Å². The molecule has 0 bridgehead atoms. The molecule has 2 aliphatic rings. The second-order valence-electron chi connectivity index (χ2n) is 5.65. The van der Waals surface area contributed by atoms with Crippen LogP contribution < -0.4 is 0 Å². The van der Waals surface area contributed by atoms with E-state index < -0.39 is 12.0 Å². The van der Waals surface area contributed by atoms with Crippen LogP contribution in [0, 0.1) is 0 Å². The van der Waals surface area contributed by atoms with Gasteiger partial charge in [0.15, 0.2) is 0 Å². The Kier molecular flexibility index (Phi) is 4.80. The molecule has 2 atom stereocenters. The Balaban J connectivity index is 1.99. The maximum Gasteiger partial charge on any atom is 0.326 e. The van der Waals surface area contributed by atoms with Gasteiger partial charge in [0.1, 0.15) is 6.04 Å². The van der Waals surface area contributed by atoms with E-state index in [2.05, 4.69) is 4.90 Å². The number of hydrogen-bond donors (Lipinski definition) is 1. The highest BCUT2D eigenvalue weighted by atomic mass is 16.4. The molecule has 2 fully saturated rings. The first-order chi connectivity index (χ1) is 9.11. The summed E-state index contributed by atoms with van der Waals surface area (Å²) in [6.07, 6.45) is 6.14. The van der Waals surface area contributed by atoms with E-state index >= 15 is 0 Å². The van der Waals surface area contributed by atoms with Gasteiger partial charge < -0.3 is 10.0 Å². The molecular weight excluding hydrogens is 244 g/mol. The second-order valence-corrected chi connectivity index (χ2v) is 5.65. The van der Waals surface area contributed by atoms with Crippen molar-refractivity contribution in [3.8, 4) is 0 Å². The summed E-state index contributed by atoms with van der Waals surface area (Å²) in [5, 5.41) is 9.16. The lowest BCUT2D eigenvalue weighted by atomic mass is 10.2. The summed E-state index contributed by atoms with van der Waals surface area (Å²) in [5.74, 6) is -0.874. The first-order valence-corrected chi connectivity index (χ1v) is 7.38. The first kappa shape index (κ1) is 14.3. The lowest BCUT2D eigenvalue weighted by molar-refractivity contribution is -0.150. The zero-order valence-electron chi connectivity index (χ0n) is 11.7. The number of nitrogens with zero attached hydrogens (tertiary/aromatic N) is 2. The monoisotopic (exact) mass is 268 g/mol. The minimum Gasteiger partial charge on any atom is -0.480 e. The van der Waals surface area contributed by atoms with Gasteiger partial charge in [0, 0.05) is 6.54 Å². The van der Waals surface area contributed by atoms with Crippen molar-refractivity contribution in [1.82, 2.24) is 9.80 Å². The summed E-state index contributed by atoms with van der Waals surface area (Å²) >= 11 is 0. The number of carbonyl (C=O) groups excluding carboxylic acids is 1. The van der Waals surface area contributed by atoms with Crippen LogP contribution in [-0.2, 0) is 9.59 Å². The Bertz CT molecular complexity index is 338. The summed E-state index contributed by atoms with van der Waals surface area (Å²) < 4.78 is 0. The molecule has 0 aromatic rings. The Morgan fingerprint density at radius 2 is 1.68 bits per heavy atom. The van der Waals surface area contributed by atoms with Gasteiger partial charge in [0.2, 0.25) is 5.91 Å². The van der Waals surface area contributed by atoms with Crippen LogP contribution in [0.25, 0.3) is 0 Å². The van der Waals surface area contributed by atoms with Crippen LogP contribution >= 0.6 is 0 Å². The molecule has 0 saturated carbocycles. The zero-order chi connectivity index (χ0) is 13.8. The van der Waals surface area contributed by atoms with Crippen LogP contribution in [0.4, 0.5) is 0 Å². The zero-order valence-corrected chi connectivity index (χ0v) is 11.7. The van der Waals surface area contributed by atoms with E-state index in [0.717, 1.165) is 32.4 Å². The topological polar surface area (TPSA) is 60.9 Å². The minimum absolute atomic E-state index is 0.00759. The van der Waals surface area contributed by atoms with Crippen molar-refractivity contribution in [2.75, 3.05) is 19.6 Å². The quantitative estimate of drug-likeness (QED) is 0.839. The second kappa shape index (κ2) is 6.37. The summed E-state index contributed by atoms with van der Waals surface area (Å²) in [6.45, 7) is 4.43. The van der Waals surface area contributed by atoms with Crippen molar-refractivity contribution < 1.29 is 14.7 Å². The van der Waals surface area contributed by atoms with Crippen LogP contribution in [0.2, 0.25) is 0 Å². The standard InChI is InChI=1S/C14H24N2O3/c1-11(15-8-4-2-3-5-9-15)13(17)16-10-6-7-12(16)14(18)19/h11-12H,2-10H2,1H3,(H,18,19)/t11?,12-/m1/s1. The van der Waals surface area contributed by atoms with Gasteiger partial charge >= 0.3 is 5.97 Å². The van der Waals surface area contributed by atoms with Crippen molar-refractivity contribution in [2.45, 2.75) is 57.5 Å². The highest BCUT2D eigenvalue weighted by Gasteiger charge is 2.37. The van der Waals surface area contributed by atoms with Gasteiger partial charge in [-0.05, 0) is 45.7 Å². The Morgan fingerprint density at radius 3 is 2.26 bits per heavy atom. The molecule has 2 saturated heterocycles. The van der Waals surface area contributed by atoms with Gasteiger partial charge in [-0.25, -0.2) is 4.79 Å². The molecule has 0 aliphatic carbocycles. The molecule has 0 aromatic heterocycles. The Morgan fingerprint density at radius 1 is 1.05 bits per heavy atom. The van der Waals surface area contributed by atoms with E-state index in [1.807, 2.05) is 6.92 Å². The van der Waals surface area contributed by atoms with Gasteiger partial charge in [-0.2, -0.15) is 0 Å². The number of hydrogen-bond acceptors (Lipinski definition) is 3. The fourth-order valence-electron chi connectivity index (χ4n) is 3.17. The SMILES string of the molecule is CC(C(=O)N1CCC[C@@H]1C(=O)O)N1CCCCCC1. The average Bonchev–Trinajstić information content (AvgIpc) is 2.73. The Hall–Kier alpha value is -1.10. The molecule has 0 radical (unpaired) electrons. The van der Waals surface area contributed by atoms with Crippen molar-refractivity contribution in [1.29, 1.82) is 0 Å². The van der Waals surface area contributed by atoms with Gasteiger partial charge in [-0.3, -0.25) is 9.69 Å². The summed E-state index contributed by atoms with van der Waals surface area (Å²) in [6, 6.07) is -0.792. The van der Waals surface area contributed by atoms with E-state index in [1.165, 1.54) is 12.8 Å². The number of amides is 1. The van der Waals surface area contributed by atoms with E-state index in [-0.39, 0.29) is 11.9 Å². The number of carboxylic acids is 1. The van der Waals surface area contributed by atoms with E-state index in [4.69, 9.17) is 5.11 Å². The number of carboxylic acid groups (broad SMARTS) is 1. The van der Waals surface area contributed by atoms with Crippen molar-refractivity contribution in [3.05, 3.63) is 0 Å². The predicted octanol–water partition coefficient (Wildman–Crippen LogP) is 1.33. The molecule has 2 rings (SSSR count). The maximum atomic E-state index is 12.5. The van der Waals surface area contributed by atoms with Gasteiger partial charge in [-0.1, -0.05) is 12.8 Å². The summed E-state index contributed by atoms with van der Waals surface area (Å²) in [7, 11) is 0. The van der Waals surface area contributed by atoms with Crippen LogP contribution in [0.1, 0.15) is 45.4 Å². The third-order valence-electron chi connectivity index (χ3n) is 4.37. The van der Waals surface area contributed by atoms with E-state index in [1.54, 1.807) is 4.90 Å². The third kappa shape index (κ3) is 3.26. The molecule has 5 nitrogen and oxygen atoms in total. The molecule has 1 unspecified atom stereocenters. The molecular formula is C14H24N2O3. The fourth-order valence-corrected chi connectivity index (χ4v) is 3.17. The lowest BCUT2D eigenvalue weighted by Crippen LogP contribution is -2.50. The molecule has 0 spiro atoms. The lowest BCUT2D eigenvalue weighted by Gasteiger charge is -2.31. The van der Waals surface area contributed by atoms with E-state index in [9.17, 15) is 9.59 Å². The Labute approximate surface area is 114 Å². The maximum absolute atomic E-state index is 12.5. The van der Waals surface area contributed by atoms with Gasteiger partial charge in [0.05, 0.1) is 6.04 Å². The fraction of sp³-hybridized carbons (Fsp3) is 0.857. The number of rotatable bonds is 3. The van der Waals surface area contributed by atoms with Gasteiger partial charge in [-0.15, -0.1) is 0 Å². The van der Waals surface area contributed by atoms with Crippen molar-refractivity contribution >= 4 is 11.9 Å². The predicted molar refractivity (Wildman–Crippen MR) is 71.9 cm³/mol.